The second-order valence-electron chi connectivity index (χ2n) is 3.12. The van der Waals surface area contributed by atoms with E-state index in [0.717, 1.165) is 4.68 Å². The second kappa shape index (κ2) is 4.85. The molecule has 0 atom stereocenters. The smallest absolute Gasteiger partial charge is 0.255 e. The van der Waals surface area contributed by atoms with Gasteiger partial charge in [-0.25, -0.2) is 4.68 Å². The molecule has 0 aliphatic heterocycles. The Morgan fingerprint density at radius 3 is 2.47 bits per heavy atom. The van der Waals surface area contributed by atoms with Gasteiger partial charge in [0.15, 0.2) is 5.69 Å². The SMILES string of the molecule is Cn1nnc(C(F)(F)F)c1-c1ccccn1.[Cu]. The Morgan fingerprint density at radius 2 is 1.94 bits per heavy atom. The van der Waals surface area contributed by atoms with Crippen LogP contribution in [0.1, 0.15) is 5.69 Å². The standard InChI is InChI=1S/C9H7F3N4.Cu/c1-16-7(6-4-2-3-5-13-6)8(14-15-16)9(10,11)12;/h2-5H,1H3;. The van der Waals surface area contributed by atoms with E-state index < -0.39 is 11.9 Å². The van der Waals surface area contributed by atoms with E-state index in [-0.39, 0.29) is 28.5 Å². The molecule has 2 aromatic heterocycles. The maximum atomic E-state index is 12.6. The summed E-state index contributed by atoms with van der Waals surface area (Å²) in [6.45, 7) is 0. The third kappa shape index (κ3) is 2.65. The number of hydrogen-bond donors (Lipinski definition) is 0. The molecule has 0 amide bonds. The first-order valence-corrected chi connectivity index (χ1v) is 4.38. The van der Waals surface area contributed by atoms with Crippen LogP contribution in [0.3, 0.4) is 0 Å². The van der Waals surface area contributed by atoms with Crippen LogP contribution < -0.4 is 0 Å². The van der Waals surface area contributed by atoms with Crippen LogP contribution in [0.25, 0.3) is 11.4 Å². The van der Waals surface area contributed by atoms with Crippen molar-refractivity contribution in [1.29, 1.82) is 0 Å². The number of nitrogens with zero attached hydrogens (tertiary/aromatic N) is 4. The van der Waals surface area contributed by atoms with E-state index in [4.69, 9.17) is 0 Å². The average molecular weight is 292 g/mol. The van der Waals surface area contributed by atoms with Crippen molar-refractivity contribution in [2.24, 2.45) is 7.05 Å². The minimum Gasteiger partial charge on any atom is -0.255 e. The van der Waals surface area contributed by atoms with Gasteiger partial charge in [0, 0.05) is 30.3 Å². The molecule has 0 fully saturated rings. The van der Waals surface area contributed by atoms with E-state index in [2.05, 4.69) is 15.3 Å². The zero-order chi connectivity index (χ0) is 11.8. The minimum absolute atomic E-state index is 0. The molecule has 0 N–H and O–H groups in total. The van der Waals surface area contributed by atoms with Gasteiger partial charge >= 0.3 is 6.18 Å². The zero-order valence-electron chi connectivity index (χ0n) is 8.53. The Hall–Kier alpha value is -1.40. The van der Waals surface area contributed by atoms with Gasteiger partial charge in [0.2, 0.25) is 0 Å². The van der Waals surface area contributed by atoms with E-state index in [1.807, 2.05) is 0 Å². The Bertz CT molecular complexity index is 495. The number of rotatable bonds is 1. The summed E-state index contributed by atoms with van der Waals surface area (Å²) in [6.07, 6.45) is -3.11. The molecule has 8 heteroatoms. The second-order valence-corrected chi connectivity index (χ2v) is 3.12. The molecule has 0 saturated carbocycles. The van der Waals surface area contributed by atoms with Gasteiger partial charge in [-0.15, -0.1) is 5.10 Å². The van der Waals surface area contributed by atoms with Gasteiger partial charge < -0.3 is 0 Å². The van der Waals surface area contributed by atoms with Gasteiger partial charge in [0.05, 0.1) is 5.69 Å². The summed E-state index contributed by atoms with van der Waals surface area (Å²) in [4.78, 5) is 3.86. The molecule has 0 unspecified atom stereocenters. The molecular weight excluding hydrogens is 285 g/mol. The molecule has 0 saturated heterocycles. The molecule has 1 radical (unpaired) electrons. The van der Waals surface area contributed by atoms with Crippen molar-refractivity contribution in [3.8, 4) is 11.4 Å². The van der Waals surface area contributed by atoms with Crippen LogP contribution >= 0.6 is 0 Å². The number of aromatic nitrogens is 4. The van der Waals surface area contributed by atoms with Gasteiger partial charge in [-0.2, -0.15) is 13.2 Å². The summed E-state index contributed by atoms with van der Waals surface area (Å²) in [7, 11) is 1.40. The number of pyridine rings is 1. The van der Waals surface area contributed by atoms with Crippen molar-refractivity contribution < 1.29 is 30.2 Å². The molecule has 0 spiro atoms. The minimum atomic E-state index is -4.53. The Kier molecular flexibility index (Phi) is 3.90. The van der Waals surface area contributed by atoms with Crippen LogP contribution in [-0.4, -0.2) is 20.0 Å². The van der Waals surface area contributed by atoms with Crippen LogP contribution in [0.2, 0.25) is 0 Å². The molecular formula is C9H7CuF3N4. The van der Waals surface area contributed by atoms with Crippen LogP contribution in [0.5, 0.6) is 0 Å². The molecule has 0 aliphatic carbocycles. The van der Waals surface area contributed by atoms with Gasteiger partial charge in [-0.05, 0) is 12.1 Å². The third-order valence-electron chi connectivity index (χ3n) is 2.00. The molecule has 0 aliphatic rings. The van der Waals surface area contributed by atoms with E-state index in [0.29, 0.717) is 0 Å². The fourth-order valence-electron chi connectivity index (χ4n) is 1.34. The normalized spacial score (nSPS) is 11.1. The number of alkyl halides is 3. The quantitative estimate of drug-likeness (QED) is 0.754. The van der Waals surface area contributed by atoms with Crippen molar-refractivity contribution in [2.45, 2.75) is 6.18 Å². The monoisotopic (exact) mass is 291 g/mol. The maximum absolute atomic E-state index is 12.6. The molecule has 95 valence electrons. The fraction of sp³-hybridized carbons (Fsp3) is 0.222. The van der Waals surface area contributed by atoms with Crippen LogP contribution in [0.4, 0.5) is 13.2 Å². The summed E-state index contributed by atoms with van der Waals surface area (Å²) in [5.41, 5.74) is -0.955. The summed E-state index contributed by atoms with van der Waals surface area (Å²) in [5.74, 6) is 0. The van der Waals surface area contributed by atoms with Crippen molar-refractivity contribution in [3.05, 3.63) is 30.1 Å². The fourth-order valence-corrected chi connectivity index (χ4v) is 1.34. The van der Waals surface area contributed by atoms with Crippen molar-refractivity contribution in [3.63, 3.8) is 0 Å². The molecule has 2 rings (SSSR count). The third-order valence-corrected chi connectivity index (χ3v) is 2.00. The molecule has 4 nitrogen and oxygen atoms in total. The number of hydrogen-bond acceptors (Lipinski definition) is 3. The first-order valence-electron chi connectivity index (χ1n) is 4.38. The van der Waals surface area contributed by atoms with Gasteiger partial charge in [0.25, 0.3) is 0 Å². The topological polar surface area (TPSA) is 43.6 Å². The van der Waals surface area contributed by atoms with E-state index in [9.17, 15) is 13.2 Å². The van der Waals surface area contributed by atoms with E-state index in [1.165, 1.54) is 19.3 Å². The molecule has 0 aromatic carbocycles. The van der Waals surface area contributed by atoms with Crippen molar-refractivity contribution in [1.82, 2.24) is 20.0 Å². The molecule has 0 bridgehead atoms. The maximum Gasteiger partial charge on any atom is 0.437 e. The van der Waals surface area contributed by atoms with Gasteiger partial charge in [-0.1, -0.05) is 11.3 Å². The van der Waals surface area contributed by atoms with Crippen LogP contribution in [0, 0.1) is 0 Å². The van der Waals surface area contributed by atoms with E-state index in [1.54, 1.807) is 12.1 Å². The Labute approximate surface area is 105 Å². The predicted molar refractivity (Wildman–Crippen MR) is 49.2 cm³/mol. The van der Waals surface area contributed by atoms with E-state index >= 15 is 0 Å². The molecule has 17 heavy (non-hydrogen) atoms. The number of halogens is 3. The number of aryl methyl sites for hydroxylation is 1. The molecule has 2 heterocycles. The summed E-state index contributed by atoms with van der Waals surface area (Å²) in [6, 6.07) is 4.71. The predicted octanol–water partition coefficient (Wildman–Crippen LogP) is 1.89. The van der Waals surface area contributed by atoms with Gasteiger partial charge in [0.1, 0.15) is 5.69 Å². The van der Waals surface area contributed by atoms with Crippen LogP contribution in [-0.2, 0) is 30.3 Å². The largest absolute Gasteiger partial charge is 0.437 e. The van der Waals surface area contributed by atoms with Crippen molar-refractivity contribution >= 4 is 0 Å². The van der Waals surface area contributed by atoms with Gasteiger partial charge in [-0.3, -0.25) is 4.98 Å². The Balaban J connectivity index is 0.00000144. The summed E-state index contributed by atoms with van der Waals surface area (Å²) in [5, 5.41) is 6.48. The molecule has 2 aromatic rings. The summed E-state index contributed by atoms with van der Waals surface area (Å²) >= 11 is 0. The first kappa shape index (κ1) is 13.7. The van der Waals surface area contributed by atoms with Crippen LogP contribution in [0.15, 0.2) is 24.4 Å². The summed E-state index contributed by atoms with van der Waals surface area (Å²) < 4.78 is 38.9. The average Bonchev–Trinajstić information content (AvgIpc) is 2.61. The van der Waals surface area contributed by atoms with Crippen molar-refractivity contribution in [2.75, 3.05) is 0 Å². The Morgan fingerprint density at radius 1 is 1.24 bits per heavy atom. The first-order chi connectivity index (χ1) is 7.50. The zero-order valence-corrected chi connectivity index (χ0v) is 9.48.